The van der Waals surface area contributed by atoms with Crippen LogP contribution in [0.2, 0.25) is 0 Å². The monoisotopic (exact) mass is 374 g/mol. The normalized spacial score (nSPS) is 15.1. The minimum absolute atomic E-state index is 0.282. The number of benzene rings is 1. The topological polar surface area (TPSA) is 94.7 Å². The van der Waals surface area contributed by atoms with E-state index in [2.05, 4.69) is 61.8 Å². The number of piperidine rings is 1. The third kappa shape index (κ3) is 4.27. The second-order valence-corrected chi connectivity index (χ2v) is 6.96. The maximum absolute atomic E-state index is 8.77. The molecule has 3 heterocycles. The summed E-state index contributed by atoms with van der Waals surface area (Å²) < 4.78 is 1.94. The zero-order chi connectivity index (χ0) is 19.3. The highest BCUT2D eigenvalue weighted by atomic mass is 15.1. The molecule has 0 spiro atoms. The zero-order valence-corrected chi connectivity index (χ0v) is 15.7. The van der Waals surface area contributed by atoms with Crippen molar-refractivity contribution in [2.45, 2.75) is 18.9 Å². The molecule has 0 unspecified atom stereocenters. The standard InChI is InChI=1S/C20H22N8/c1-27-8-6-16(7-9-27)25-15-2-4-18(5-3-15)28-13-20(24-14-28)26-19-12-22-17(10-21)11-23-19/h2-5,11-14,16,25H,6-9H2,1H3,(H,23,26). The average molecular weight is 374 g/mol. The summed E-state index contributed by atoms with van der Waals surface area (Å²) in [7, 11) is 2.17. The van der Waals surface area contributed by atoms with Gasteiger partial charge in [-0.15, -0.1) is 0 Å². The van der Waals surface area contributed by atoms with Gasteiger partial charge in [-0.25, -0.2) is 15.0 Å². The molecular weight excluding hydrogens is 352 g/mol. The van der Waals surface area contributed by atoms with Crippen molar-refractivity contribution in [1.82, 2.24) is 24.4 Å². The fourth-order valence-corrected chi connectivity index (χ4v) is 3.23. The van der Waals surface area contributed by atoms with Gasteiger partial charge in [-0.1, -0.05) is 0 Å². The van der Waals surface area contributed by atoms with Crippen molar-refractivity contribution in [3.63, 3.8) is 0 Å². The van der Waals surface area contributed by atoms with Gasteiger partial charge in [-0.2, -0.15) is 5.26 Å². The van der Waals surface area contributed by atoms with Crippen molar-refractivity contribution in [2.24, 2.45) is 0 Å². The van der Waals surface area contributed by atoms with Crippen molar-refractivity contribution in [3.05, 3.63) is 54.9 Å². The number of hydrogen-bond donors (Lipinski definition) is 2. The minimum atomic E-state index is 0.282. The summed E-state index contributed by atoms with van der Waals surface area (Å²) >= 11 is 0. The molecule has 1 aliphatic heterocycles. The van der Waals surface area contributed by atoms with E-state index in [0.717, 1.165) is 24.5 Å². The van der Waals surface area contributed by atoms with Crippen LogP contribution in [0, 0.1) is 11.3 Å². The molecule has 2 aromatic heterocycles. The molecule has 2 N–H and O–H groups in total. The first kappa shape index (κ1) is 17.9. The van der Waals surface area contributed by atoms with Crippen LogP contribution in [-0.2, 0) is 0 Å². The van der Waals surface area contributed by atoms with Crippen LogP contribution in [0.5, 0.6) is 0 Å². The van der Waals surface area contributed by atoms with Gasteiger partial charge >= 0.3 is 0 Å². The molecule has 0 saturated carbocycles. The number of nitrogens with one attached hydrogen (secondary N) is 2. The summed E-state index contributed by atoms with van der Waals surface area (Å²) in [4.78, 5) is 14.9. The van der Waals surface area contributed by atoms with Crippen LogP contribution in [0.3, 0.4) is 0 Å². The molecule has 0 aliphatic carbocycles. The highest BCUT2D eigenvalue weighted by Gasteiger charge is 2.16. The number of nitriles is 1. The van der Waals surface area contributed by atoms with Crippen LogP contribution in [0.1, 0.15) is 18.5 Å². The van der Waals surface area contributed by atoms with Crippen LogP contribution in [-0.4, -0.2) is 50.6 Å². The van der Waals surface area contributed by atoms with E-state index in [0.29, 0.717) is 17.7 Å². The van der Waals surface area contributed by atoms with Crippen molar-refractivity contribution in [2.75, 3.05) is 30.8 Å². The Labute approximate surface area is 163 Å². The minimum Gasteiger partial charge on any atom is -0.382 e. The number of aromatic nitrogens is 4. The molecule has 3 aromatic rings. The average Bonchev–Trinajstić information content (AvgIpc) is 3.19. The second kappa shape index (κ2) is 8.06. The molecule has 4 rings (SSSR count). The predicted molar refractivity (Wildman–Crippen MR) is 108 cm³/mol. The molecule has 1 aliphatic rings. The van der Waals surface area contributed by atoms with Crippen LogP contribution in [0.15, 0.2) is 49.2 Å². The molecule has 1 aromatic carbocycles. The maximum Gasteiger partial charge on any atom is 0.158 e. The van der Waals surface area contributed by atoms with E-state index in [1.54, 1.807) is 6.33 Å². The first-order valence-electron chi connectivity index (χ1n) is 9.28. The van der Waals surface area contributed by atoms with E-state index in [9.17, 15) is 0 Å². The van der Waals surface area contributed by atoms with Crippen molar-refractivity contribution < 1.29 is 0 Å². The van der Waals surface area contributed by atoms with Gasteiger partial charge in [0.2, 0.25) is 0 Å². The number of imidazole rings is 1. The van der Waals surface area contributed by atoms with E-state index >= 15 is 0 Å². The molecule has 0 bridgehead atoms. The maximum atomic E-state index is 8.77. The van der Waals surface area contributed by atoms with Gasteiger partial charge in [-0.3, -0.25) is 0 Å². The smallest absolute Gasteiger partial charge is 0.158 e. The fraction of sp³-hybridized carbons (Fsp3) is 0.300. The van der Waals surface area contributed by atoms with Gasteiger partial charge in [0.25, 0.3) is 0 Å². The summed E-state index contributed by atoms with van der Waals surface area (Å²) in [6.45, 7) is 2.29. The molecule has 8 nitrogen and oxygen atoms in total. The Morgan fingerprint density at radius 1 is 1.04 bits per heavy atom. The molecule has 1 fully saturated rings. The summed E-state index contributed by atoms with van der Waals surface area (Å²) in [6, 6.07) is 10.8. The Morgan fingerprint density at radius 2 is 1.82 bits per heavy atom. The zero-order valence-electron chi connectivity index (χ0n) is 15.7. The van der Waals surface area contributed by atoms with Crippen LogP contribution in [0.25, 0.3) is 5.69 Å². The fourth-order valence-electron chi connectivity index (χ4n) is 3.23. The van der Waals surface area contributed by atoms with E-state index in [1.165, 1.54) is 25.2 Å². The number of nitrogens with zero attached hydrogens (tertiary/aromatic N) is 6. The number of rotatable bonds is 5. The van der Waals surface area contributed by atoms with Gasteiger partial charge in [-0.05, 0) is 57.2 Å². The van der Waals surface area contributed by atoms with Crippen LogP contribution >= 0.6 is 0 Å². The lowest BCUT2D eigenvalue weighted by atomic mass is 10.1. The molecule has 0 amide bonds. The van der Waals surface area contributed by atoms with Gasteiger partial charge in [0.1, 0.15) is 24.0 Å². The third-order valence-corrected chi connectivity index (χ3v) is 4.86. The summed E-state index contributed by atoms with van der Waals surface area (Å²) in [5.41, 5.74) is 2.45. The summed E-state index contributed by atoms with van der Waals surface area (Å²) in [6.07, 6.45) is 8.93. The predicted octanol–water partition coefficient (Wildman–Crippen LogP) is 2.78. The van der Waals surface area contributed by atoms with E-state index in [-0.39, 0.29) is 5.69 Å². The lowest BCUT2D eigenvalue weighted by Gasteiger charge is -2.30. The number of hydrogen-bond acceptors (Lipinski definition) is 7. The summed E-state index contributed by atoms with van der Waals surface area (Å²) in [5.74, 6) is 1.20. The van der Waals surface area contributed by atoms with Gasteiger partial charge in [0, 0.05) is 17.4 Å². The van der Waals surface area contributed by atoms with Crippen molar-refractivity contribution in [1.29, 1.82) is 5.26 Å². The Hall–Kier alpha value is -3.44. The Kier molecular flexibility index (Phi) is 5.17. The second-order valence-electron chi connectivity index (χ2n) is 6.96. The molecule has 28 heavy (non-hydrogen) atoms. The van der Waals surface area contributed by atoms with Gasteiger partial charge in [0.05, 0.1) is 18.6 Å². The Balaban J connectivity index is 1.38. The largest absolute Gasteiger partial charge is 0.382 e. The first-order chi connectivity index (χ1) is 13.7. The molecular formula is C20H22N8. The van der Waals surface area contributed by atoms with Gasteiger partial charge in [0.15, 0.2) is 5.69 Å². The van der Waals surface area contributed by atoms with Gasteiger partial charge < -0.3 is 20.1 Å². The first-order valence-corrected chi connectivity index (χ1v) is 9.28. The molecule has 0 atom stereocenters. The SMILES string of the molecule is CN1CCC(Nc2ccc(-n3cnc(Nc4cnc(C#N)cn4)c3)cc2)CC1. The molecule has 0 radical (unpaired) electrons. The van der Waals surface area contributed by atoms with Crippen LogP contribution in [0.4, 0.5) is 17.3 Å². The van der Waals surface area contributed by atoms with E-state index in [4.69, 9.17) is 5.26 Å². The number of likely N-dealkylation sites (tertiary alicyclic amines) is 1. The lowest BCUT2D eigenvalue weighted by Crippen LogP contribution is -2.36. The molecule has 8 heteroatoms. The van der Waals surface area contributed by atoms with E-state index < -0.39 is 0 Å². The Morgan fingerprint density at radius 3 is 2.50 bits per heavy atom. The highest BCUT2D eigenvalue weighted by Crippen LogP contribution is 2.19. The molecule has 142 valence electrons. The molecule has 1 saturated heterocycles. The third-order valence-electron chi connectivity index (χ3n) is 4.86. The highest BCUT2D eigenvalue weighted by molar-refractivity contribution is 5.53. The van der Waals surface area contributed by atoms with E-state index in [1.807, 2.05) is 16.8 Å². The lowest BCUT2D eigenvalue weighted by molar-refractivity contribution is 0.264. The van der Waals surface area contributed by atoms with Crippen molar-refractivity contribution >= 4 is 17.3 Å². The van der Waals surface area contributed by atoms with Crippen molar-refractivity contribution in [3.8, 4) is 11.8 Å². The quantitative estimate of drug-likeness (QED) is 0.709. The Bertz CT molecular complexity index is 947. The summed E-state index contributed by atoms with van der Waals surface area (Å²) in [5, 5.41) is 15.5. The number of anilines is 3. The van der Waals surface area contributed by atoms with Crippen LogP contribution < -0.4 is 10.6 Å².